The molecule has 0 aliphatic rings. The van der Waals surface area contributed by atoms with E-state index in [4.69, 9.17) is 27.9 Å². The summed E-state index contributed by atoms with van der Waals surface area (Å²) in [7, 11) is 1.66. The fourth-order valence-electron chi connectivity index (χ4n) is 1.58. The molecule has 1 rings (SSSR count). The molecule has 6 heteroatoms. The number of methoxy groups -OCH3 is 1. The third-order valence-corrected chi connectivity index (χ3v) is 3.09. The number of halogens is 2. The lowest BCUT2D eigenvalue weighted by atomic mass is 10.2. The van der Waals surface area contributed by atoms with Gasteiger partial charge in [-0.2, -0.15) is 0 Å². The maximum atomic E-state index is 11.7. The monoisotopic (exact) mass is 304 g/mol. The van der Waals surface area contributed by atoms with Crippen molar-refractivity contribution in [3.05, 3.63) is 28.2 Å². The van der Waals surface area contributed by atoms with Crippen LogP contribution >= 0.6 is 23.2 Å². The highest BCUT2D eigenvalue weighted by Crippen LogP contribution is 2.29. The summed E-state index contributed by atoms with van der Waals surface area (Å²) in [6.45, 7) is 3.61. The fraction of sp³-hybridized carbons (Fsp3) is 0.462. The van der Waals surface area contributed by atoms with Gasteiger partial charge in [0.05, 0.1) is 22.3 Å². The zero-order valence-electron chi connectivity index (χ0n) is 11.0. The van der Waals surface area contributed by atoms with Crippen LogP contribution in [0.3, 0.4) is 0 Å². The number of anilines is 1. The number of ether oxygens (including phenoxy) is 1. The van der Waals surface area contributed by atoms with E-state index in [0.717, 1.165) is 0 Å². The Kier molecular flexibility index (Phi) is 7.16. The highest BCUT2D eigenvalue weighted by atomic mass is 35.5. The smallest absolute Gasteiger partial charge is 0.238 e. The number of hydrogen-bond acceptors (Lipinski definition) is 3. The van der Waals surface area contributed by atoms with Gasteiger partial charge in [-0.1, -0.05) is 36.2 Å². The Bertz CT molecular complexity index is 407. The van der Waals surface area contributed by atoms with Gasteiger partial charge in [0.25, 0.3) is 0 Å². The van der Waals surface area contributed by atoms with Crippen molar-refractivity contribution in [2.24, 2.45) is 5.92 Å². The van der Waals surface area contributed by atoms with E-state index >= 15 is 0 Å². The lowest BCUT2D eigenvalue weighted by molar-refractivity contribution is -0.115. The van der Waals surface area contributed by atoms with Crippen LogP contribution in [-0.4, -0.2) is 32.7 Å². The van der Waals surface area contributed by atoms with Gasteiger partial charge in [0.15, 0.2) is 0 Å². The van der Waals surface area contributed by atoms with Crippen LogP contribution in [0.1, 0.15) is 6.92 Å². The second kappa shape index (κ2) is 8.38. The minimum atomic E-state index is -0.181. The first-order valence-corrected chi connectivity index (χ1v) is 6.73. The van der Waals surface area contributed by atoms with Gasteiger partial charge in [-0.25, -0.2) is 0 Å². The predicted molar refractivity (Wildman–Crippen MR) is 79.0 cm³/mol. The molecule has 0 aromatic heterocycles. The number of rotatable bonds is 7. The SMILES string of the molecule is COCC(C)CNCC(=O)Nc1c(Cl)cccc1Cl. The number of amides is 1. The minimum Gasteiger partial charge on any atom is -0.384 e. The summed E-state index contributed by atoms with van der Waals surface area (Å²) in [5.41, 5.74) is 0.447. The van der Waals surface area contributed by atoms with E-state index in [-0.39, 0.29) is 12.5 Å². The summed E-state index contributed by atoms with van der Waals surface area (Å²) < 4.78 is 5.01. The van der Waals surface area contributed by atoms with Gasteiger partial charge in [0.1, 0.15) is 0 Å². The van der Waals surface area contributed by atoms with E-state index in [1.165, 1.54) is 0 Å². The van der Waals surface area contributed by atoms with Crippen molar-refractivity contribution in [3.63, 3.8) is 0 Å². The molecule has 4 nitrogen and oxygen atoms in total. The molecule has 0 heterocycles. The number of carbonyl (C=O) groups excluding carboxylic acids is 1. The molecule has 0 spiro atoms. The van der Waals surface area contributed by atoms with Crippen molar-refractivity contribution in [2.75, 3.05) is 32.1 Å². The van der Waals surface area contributed by atoms with Crippen LogP contribution in [0.5, 0.6) is 0 Å². The summed E-state index contributed by atoms with van der Waals surface area (Å²) in [5.74, 6) is 0.168. The van der Waals surface area contributed by atoms with Gasteiger partial charge in [-0.15, -0.1) is 0 Å². The maximum Gasteiger partial charge on any atom is 0.238 e. The summed E-state index contributed by atoms with van der Waals surface area (Å²) >= 11 is 11.9. The zero-order chi connectivity index (χ0) is 14.3. The molecular formula is C13H18Cl2N2O2. The minimum absolute atomic E-state index is 0.181. The first-order chi connectivity index (χ1) is 9.04. The third-order valence-electron chi connectivity index (χ3n) is 2.46. The highest BCUT2D eigenvalue weighted by Gasteiger charge is 2.09. The van der Waals surface area contributed by atoms with Gasteiger partial charge >= 0.3 is 0 Å². The second-order valence-corrected chi connectivity index (χ2v) is 5.15. The topological polar surface area (TPSA) is 50.4 Å². The quantitative estimate of drug-likeness (QED) is 0.814. The Morgan fingerprint density at radius 1 is 1.37 bits per heavy atom. The van der Waals surface area contributed by atoms with Gasteiger partial charge in [0.2, 0.25) is 5.91 Å². The average Bonchev–Trinajstić information content (AvgIpc) is 2.34. The third kappa shape index (κ3) is 5.78. The van der Waals surface area contributed by atoms with E-state index < -0.39 is 0 Å². The van der Waals surface area contributed by atoms with E-state index in [1.54, 1.807) is 25.3 Å². The van der Waals surface area contributed by atoms with Crippen LogP contribution in [0, 0.1) is 5.92 Å². The Morgan fingerprint density at radius 3 is 2.58 bits per heavy atom. The van der Waals surface area contributed by atoms with Gasteiger partial charge in [-0.3, -0.25) is 4.79 Å². The van der Waals surface area contributed by atoms with E-state index in [1.807, 2.05) is 6.92 Å². The molecule has 0 saturated heterocycles. The molecule has 0 saturated carbocycles. The van der Waals surface area contributed by atoms with E-state index in [0.29, 0.717) is 34.8 Å². The van der Waals surface area contributed by atoms with Crippen molar-refractivity contribution in [1.29, 1.82) is 0 Å². The lowest BCUT2D eigenvalue weighted by Crippen LogP contribution is -2.32. The first kappa shape index (κ1) is 16.2. The van der Waals surface area contributed by atoms with Crippen LogP contribution in [0.25, 0.3) is 0 Å². The van der Waals surface area contributed by atoms with Crippen molar-refractivity contribution in [3.8, 4) is 0 Å². The summed E-state index contributed by atoms with van der Waals surface area (Å²) in [6, 6.07) is 5.08. The van der Waals surface area contributed by atoms with Crippen molar-refractivity contribution in [2.45, 2.75) is 6.92 Å². The summed E-state index contributed by atoms with van der Waals surface area (Å²) in [6.07, 6.45) is 0. The van der Waals surface area contributed by atoms with Crippen LogP contribution < -0.4 is 10.6 Å². The number of carbonyl (C=O) groups is 1. The van der Waals surface area contributed by atoms with E-state index in [9.17, 15) is 4.79 Å². The Morgan fingerprint density at radius 2 is 2.00 bits per heavy atom. The van der Waals surface area contributed by atoms with Crippen LogP contribution in [0.15, 0.2) is 18.2 Å². The van der Waals surface area contributed by atoms with Crippen molar-refractivity contribution in [1.82, 2.24) is 5.32 Å². The Hall–Kier alpha value is -0.810. The molecule has 1 atom stereocenters. The first-order valence-electron chi connectivity index (χ1n) is 5.98. The van der Waals surface area contributed by atoms with E-state index in [2.05, 4.69) is 10.6 Å². The van der Waals surface area contributed by atoms with Gasteiger partial charge in [-0.05, 0) is 18.1 Å². The molecule has 0 aliphatic heterocycles. The standard InChI is InChI=1S/C13H18Cl2N2O2/c1-9(8-19-2)6-16-7-12(18)17-13-10(14)4-3-5-11(13)15/h3-5,9,16H,6-8H2,1-2H3,(H,17,18). The van der Waals surface area contributed by atoms with Crippen LogP contribution in [0.2, 0.25) is 10.0 Å². The van der Waals surface area contributed by atoms with Crippen LogP contribution in [-0.2, 0) is 9.53 Å². The van der Waals surface area contributed by atoms with Gasteiger partial charge < -0.3 is 15.4 Å². The largest absolute Gasteiger partial charge is 0.384 e. The second-order valence-electron chi connectivity index (χ2n) is 4.34. The predicted octanol–water partition coefficient (Wildman–Crippen LogP) is 2.80. The van der Waals surface area contributed by atoms with Crippen LogP contribution in [0.4, 0.5) is 5.69 Å². The number of nitrogens with one attached hydrogen (secondary N) is 2. The summed E-state index contributed by atoms with van der Waals surface area (Å²) in [4.78, 5) is 11.7. The Labute approximate surface area is 123 Å². The molecule has 106 valence electrons. The maximum absolute atomic E-state index is 11.7. The molecule has 1 unspecified atom stereocenters. The normalized spacial score (nSPS) is 12.2. The molecule has 0 bridgehead atoms. The Balaban J connectivity index is 2.39. The van der Waals surface area contributed by atoms with Crippen molar-refractivity contribution >= 4 is 34.8 Å². The van der Waals surface area contributed by atoms with Crippen molar-refractivity contribution < 1.29 is 9.53 Å². The fourth-order valence-corrected chi connectivity index (χ4v) is 2.07. The molecule has 1 aromatic carbocycles. The number of para-hydroxylation sites is 1. The molecular weight excluding hydrogens is 287 g/mol. The lowest BCUT2D eigenvalue weighted by Gasteiger charge is -2.12. The highest BCUT2D eigenvalue weighted by molar-refractivity contribution is 6.39. The molecule has 0 aliphatic carbocycles. The number of benzene rings is 1. The molecule has 1 amide bonds. The molecule has 0 radical (unpaired) electrons. The molecule has 19 heavy (non-hydrogen) atoms. The molecule has 2 N–H and O–H groups in total. The number of hydrogen-bond donors (Lipinski definition) is 2. The molecule has 1 aromatic rings. The summed E-state index contributed by atoms with van der Waals surface area (Å²) in [5, 5.41) is 6.59. The van der Waals surface area contributed by atoms with Gasteiger partial charge in [0, 0.05) is 20.3 Å². The molecule has 0 fully saturated rings. The zero-order valence-corrected chi connectivity index (χ0v) is 12.5. The average molecular weight is 305 g/mol.